The molecule has 0 amide bonds. The van der Waals surface area contributed by atoms with Crippen LogP contribution >= 0.6 is 0 Å². The van der Waals surface area contributed by atoms with E-state index < -0.39 is 0 Å². The summed E-state index contributed by atoms with van der Waals surface area (Å²) in [5.41, 5.74) is 5.97. The number of aryl methyl sites for hydroxylation is 1. The van der Waals surface area contributed by atoms with Gasteiger partial charge in [-0.05, 0) is 70.2 Å². The number of aromatic nitrogens is 4. The second kappa shape index (κ2) is 8.66. The Kier molecular flexibility index (Phi) is 5.72. The summed E-state index contributed by atoms with van der Waals surface area (Å²) in [4.78, 5) is 16.5. The van der Waals surface area contributed by atoms with Gasteiger partial charge in [-0.1, -0.05) is 6.42 Å². The Hall–Kier alpha value is -2.74. The van der Waals surface area contributed by atoms with Crippen molar-refractivity contribution >= 4 is 36.3 Å². The highest BCUT2D eigenvalue weighted by atomic mass is 15.3. The van der Waals surface area contributed by atoms with Gasteiger partial charge in [0, 0.05) is 36.4 Å². The van der Waals surface area contributed by atoms with E-state index in [1.165, 1.54) is 19.3 Å². The van der Waals surface area contributed by atoms with Crippen molar-refractivity contribution in [2.45, 2.75) is 65.0 Å². The molecule has 5 rings (SSSR count). The lowest BCUT2D eigenvalue weighted by Gasteiger charge is -2.41. The van der Waals surface area contributed by atoms with Gasteiger partial charge in [0.2, 0.25) is 5.95 Å². The van der Waals surface area contributed by atoms with Gasteiger partial charge in [0.05, 0.1) is 28.8 Å². The van der Waals surface area contributed by atoms with Crippen molar-refractivity contribution < 1.29 is 0 Å². The first-order valence-corrected chi connectivity index (χ1v) is 11.6. The first kappa shape index (κ1) is 21.1. The van der Waals surface area contributed by atoms with E-state index in [9.17, 15) is 0 Å². The third kappa shape index (κ3) is 4.16. The van der Waals surface area contributed by atoms with Gasteiger partial charge in [-0.2, -0.15) is 0 Å². The number of rotatable bonds is 5. The lowest BCUT2D eigenvalue weighted by Crippen LogP contribution is -2.47. The molecule has 1 aliphatic carbocycles. The molecular formula is C24H30BN7. The molecular weight excluding hydrogens is 397 g/mol. The fraction of sp³-hybridized carbons (Fsp3) is 0.500. The van der Waals surface area contributed by atoms with Gasteiger partial charge in [-0.25, -0.2) is 9.50 Å². The van der Waals surface area contributed by atoms with Crippen molar-refractivity contribution in [3.8, 4) is 11.3 Å². The molecule has 7 nitrogen and oxygen atoms in total. The molecule has 164 valence electrons. The molecule has 32 heavy (non-hydrogen) atoms. The van der Waals surface area contributed by atoms with Crippen LogP contribution in [-0.2, 0) is 0 Å². The van der Waals surface area contributed by atoms with Crippen molar-refractivity contribution in [1.29, 1.82) is 0 Å². The summed E-state index contributed by atoms with van der Waals surface area (Å²) in [6.07, 6.45) is 8.22. The molecule has 8 heteroatoms. The van der Waals surface area contributed by atoms with E-state index >= 15 is 0 Å². The van der Waals surface area contributed by atoms with Crippen LogP contribution in [0, 0.1) is 6.92 Å². The highest BCUT2D eigenvalue weighted by molar-refractivity contribution is 6.32. The molecule has 0 atom stereocenters. The molecule has 3 aromatic rings. The highest BCUT2D eigenvalue weighted by Crippen LogP contribution is 2.29. The Morgan fingerprint density at radius 1 is 1.16 bits per heavy atom. The summed E-state index contributed by atoms with van der Waals surface area (Å²) in [5.74, 6) is 0.626. The fourth-order valence-electron chi connectivity index (χ4n) is 4.69. The Bertz CT molecular complexity index is 1150. The molecule has 1 saturated carbocycles. The maximum Gasteiger partial charge on any atom is 0.241 e. The van der Waals surface area contributed by atoms with Crippen molar-refractivity contribution in [3.63, 3.8) is 0 Å². The van der Waals surface area contributed by atoms with Crippen LogP contribution in [0.3, 0.4) is 0 Å². The van der Waals surface area contributed by atoms with E-state index in [4.69, 9.17) is 12.8 Å². The zero-order valence-corrected chi connectivity index (χ0v) is 19.2. The Balaban J connectivity index is 1.34. The second-order valence-corrected chi connectivity index (χ2v) is 9.26. The quantitative estimate of drug-likeness (QED) is 0.499. The zero-order chi connectivity index (χ0) is 22.2. The molecule has 1 N–H and O–H groups in total. The predicted octanol–water partition coefficient (Wildman–Crippen LogP) is 3.43. The number of piperidine rings is 1. The number of nitrogens with zero attached hydrogens (tertiary/aromatic N) is 6. The average Bonchev–Trinajstić information content (AvgIpc) is 3.05. The van der Waals surface area contributed by atoms with Crippen LogP contribution in [0.1, 0.15) is 51.6 Å². The average molecular weight is 427 g/mol. The number of fused-ring (bicyclic) bond motifs is 1. The van der Waals surface area contributed by atoms with Crippen LogP contribution in [0.4, 0.5) is 11.6 Å². The lowest BCUT2D eigenvalue weighted by molar-refractivity contribution is 0.101. The van der Waals surface area contributed by atoms with Crippen LogP contribution in [-0.4, -0.2) is 63.2 Å². The smallest absolute Gasteiger partial charge is 0.241 e. The van der Waals surface area contributed by atoms with Gasteiger partial charge in [0.15, 0.2) is 0 Å². The van der Waals surface area contributed by atoms with Crippen molar-refractivity contribution in [2.75, 3.05) is 18.4 Å². The van der Waals surface area contributed by atoms with E-state index in [1.807, 2.05) is 45.2 Å². The van der Waals surface area contributed by atoms with E-state index in [0.29, 0.717) is 17.6 Å². The third-order valence-electron chi connectivity index (χ3n) is 6.68. The SMILES string of the molecule is [B]c1cc(-c2ccc(N=C(C)C)c(C)n2)c2cnc(NC3CCN(C4CCC4)CC3)nn12. The van der Waals surface area contributed by atoms with Crippen LogP contribution in [0.15, 0.2) is 29.4 Å². The summed E-state index contributed by atoms with van der Waals surface area (Å²) in [6.45, 7) is 8.25. The number of likely N-dealkylation sites (tertiary alicyclic amines) is 1. The zero-order valence-electron chi connectivity index (χ0n) is 19.2. The minimum Gasteiger partial charge on any atom is -0.350 e. The minimum atomic E-state index is 0.402. The van der Waals surface area contributed by atoms with Gasteiger partial charge >= 0.3 is 0 Å². The van der Waals surface area contributed by atoms with E-state index in [1.54, 1.807) is 4.52 Å². The van der Waals surface area contributed by atoms with E-state index in [0.717, 1.165) is 65.8 Å². The number of nitrogens with one attached hydrogen (secondary N) is 1. The standard InChI is InChI=1S/C24H30BN7/c1-15(2)27-20-7-8-21(28-16(20)3)19-13-23(25)32-22(19)14-26-24(30-32)29-17-9-11-31(12-10-17)18-5-4-6-18/h7-8,13-14,17-18H,4-6,9-12H2,1-3H3,(H,29,30). The Morgan fingerprint density at radius 2 is 1.94 bits per heavy atom. The maximum atomic E-state index is 6.31. The summed E-state index contributed by atoms with van der Waals surface area (Å²) in [6, 6.07) is 7.12. The van der Waals surface area contributed by atoms with Crippen LogP contribution in [0.2, 0.25) is 0 Å². The molecule has 0 unspecified atom stereocenters. The topological polar surface area (TPSA) is 70.7 Å². The van der Waals surface area contributed by atoms with Gasteiger partial charge in [-0.3, -0.25) is 9.98 Å². The molecule has 1 aliphatic heterocycles. The highest BCUT2D eigenvalue weighted by Gasteiger charge is 2.29. The first-order valence-electron chi connectivity index (χ1n) is 11.6. The molecule has 2 radical (unpaired) electrons. The number of hydrogen-bond donors (Lipinski definition) is 1. The number of pyridine rings is 1. The van der Waals surface area contributed by atoms with Crippen LogP contribution < -0.4 is 10.9 Å². The summed E-state index contributed by atoms with van der Waals surface area (Å²) in [7, 11) is 6.31. The molecule has 4 heterocycles. The molecule has 0 spiro atoms. The monoisotopic (exact) mass is 427 g/mol. The van der Waals surface area contributed by atoms with Crippen molar-refractivity contribution in [3.05, 3.63) is 30.1 Å². The van der Waals surface area contributed by atoms with Crippen LogP contribution in [0.25, 0.3) is 16.8 Å². The predicted molar refractivity (Wildman–Crippen MR) is 131 cm³/mol. The lowest BCUT2D eigenvalue weighted by atomic mass is 9.89. The molecule has 3 aromatic heterocycles. The largest absolute Gasteiger partial charge is 0.350 e. The maximum absolute atomic E-state index is 6.31. The minimum absolute atomic E-state index is 0.402. The summed E-state index contributed by atoms with van der Waals surface area (Å²) < 4.78 is 1.76. The third-order valence-corrected chi connectivity index (χ3v) is 6.68. The van der Waals surface area contributed by atoms with Crippen molar-refractivity contribution in [1.82, 2.24) is 24.5 Å². The number of aliphatic imine (C=N–C) groups is 1. The van der Waals surface area contributed by atoms with Gasteiger partial charge in [0.1, 0.15) is 7.85 Å². The first-order chi connectivity index (χ1) is 15.5. The molecule has 1 saturated heterocycles. The van der Waals surface area contributed by atoms with Crippen LogP contribution in [0.5, 0.6) is 0 Å². The number of hydrogen-bond acceptors (Lipinski definition) is 6. The molecule has 0 bridgehead atoms. The van der Waals surface area contributed by atoms with E-state index in [-0.39, 0.29) is 0 Å². The summed E-state index contributed by atoms with van der Waals surface area (Å²) >= 11 is 0. The molecule has 2 aliphatic rings. The van der Waals surface area contributed by atoms with E-state index in [2.05, 4.69) is 25.3 Å². The normalized spacial score (nSPS) is 18.0. The number of anilines is 1. The van der Waals surface area contributed by atoms with Gasteiger partial charge in [0.25, 0.3) is 0 Å². The Morgan fingerprint density at radius 3 is 2.59 bits per heavy atom. The Labute approximate surface area is 190 Å². The fourth-order valence-corrected chi connectivity index (χ4v) is 4.69. The van der Waals surface area contributed by atoms with Gasteiger partial charge in [-0.15, -0.1) is 5.10 Å². The van der Waals surface area contributed by atoms with Crippen molar-refractivity contribution in [2.24, 2.45) is 4.99 Å². The molecule has 0 aromatic carbocycles. The second-order valence-electron chi connectivity index (χ2n) is 9.26. The summed E-state index contributed by atoms with van der Waals surface area (Å²) in [5, 5.41) is 8.21. The molecule has 2 fully saturated rings. The van der Waals surface area contributed by atoms with Gasteiger partial charge < -0.3 is 10.2 Å².